The molecule has 0 aliphatic rings. The van der Waals surface area contributed by atoms with Gasteiger partial charge in [0.1, 0.15) is 6.10 Å². The molecule has 0 bridgehead atoms. The summed E-state index contributed by atoms with van der Waals surface area (Å²) in [6.07, 6.45) is 1.09. The summed E-state index contributed by atoms with van der Waals surface area (Å²) in [5.74, 6) is 0. The van der Waals surface area contributed by atoms with Crippen LogP contribution in [0, 0.1) is 0 Å². The Morgan fingerprint density at radius 3 is 1.43 bits per heavy atom. The van der Waals surface area contributed by atoms with Crippen LogP contribution in [0.25, 0.3) is 0 Å². The molecule has 0 aliphatic carbocycles. The fourth-order valence-electron chi connectivity index (χ4n) is 1.88. The van der Waals surface area contributed by atoms with E-state index in [9.17, 15) is 0 Å². The third kappa shape index (κ3) is 7.10. The number of hydrogen-bond donors (Lipinski definition) is 0. The van der Waals surface area contributed by atoms with Crippen LogP contribution >= 0.6 is 0 Å². The molecule has 0 spiro atoms. The van der Waals surface area contributed by atoms with Crippen LogP contribution in [0.2, 0.25) is 0 Å². The second kappa shape index (κ2) is 13.4. The first-order valence-corrected chi connectivity index (χ1v) is 8.13. The molecule has 0 fully saturated rings. The SMILES string of the molecule is CC.CC.CCCOC(c1ccccc1)c1ccccc1. The van der Waals surface area contributed by atoms with Gasteiger partial charge >= 0.3 is 0 Å². The molecule has 0 saturated carbocycles. The predicted molar refractivity (Wildman–Crippen MR) is 93.7 cm³/mol. The molecule has 116 valence electrons. The van der Waals surface area contributed by atoms with E-state index < -0.39 is 0 Å². The summed E-state index contributed by atoms with van der Waals surface area (Å²) >= 11 is 0. The van der Waals surface area contributed by atoms with Crippen molar-refractivity contribution in [3.8, 4) is 0 Å². The lowest BCUT2D eigenvalue weighted by Gasteiger charge is -2.18. The first kappa shape index (κ1) is 19.4. The number of ether oxygens (including phenoxy) is 1. The second-order valence-electron chi connectivity index (χ2n) is 4.07. The molecule has 2 aromatic rings. The van der Waals surface area contributed by atoms with Crippen molar-refractivity contribution in [2.45, 2.75) is 47.1 Å². The van der Waals surface area contributed by atoms with Crippen LogP contribution in [0.3, 0.4) is 0 Å². The fourth-order valence-corrected chi connectivity index (χ4v) is 1.88. The summed E-state index contributed by atoms with van der Waals surface area (Å²) in [7, 11) is 0. The normalized spacial score (nSPS) is 9.24. The third-order valence-corrected chi connectivity index (χ3v) is 2.69. The van der Waals surface area contributed by atoms with Gasteiger partial charge in [0, 0.05) is 6.61 Å². The molecule has 0 N–H and O–H groups in total. The van der Waals surface area contributed by atoms with E-state index in [0.29, 0.717) is 0 Å². The molecule has 2 rings (SSSR count). The summed E-state index contributed by atoms with van der Waals surface area (Å²) in [5.41, 5.74) is 2.43. The zero-order valence-corrected chi connectivity index (χ0v) is 14.2. The lowest BCUT2D eigenvalue weighted by atomic mass is 10.0. The molecule has 0 aliphatic heterocycles. The maximum absolute atomic E-state index is 5.96. The smallest absolute Gasteiger partial charge is 0.108 e. The van der Waals surface area contributed by atoms with Crippen molar-refractivity contribution in [1.82, 2.24) is 0 Å². The largest absolute Gasteiger partial charge is 0.369 e. The molecule has 1 heteroatoms. The van der Waals surface area contributed by atoms with E-state index in [1.165, 1.54) is 11.1 Å². The van der Waals surface area contributed by atoms with E-state index in [1.54, 1.807) is 0 Å². The van der Waals surface area contributed by atoms with Crippen LogP contribution in [0.4, 0.5) is 0 Å². The quantitative estimate of drug-likeness (QED) is 0.630. The highest BCUT2D eigenvalue weighted by molar-refractivity contribution is 5.29. The first-order valence-electron chi connectivity index (χ1n) is 8.13. The Labute approximate surface area is 131 Å². The molecule has 0 amide bonds. The van der Waals surface area contributed by atoms with E-state index in [-0.39, 0.29) is 6.10 Å². The number of rotatable bonds is 5. The maximum Gasteiger partial charge on any atom is 0.108 e. The Bertz CT molecular complexity index is 383. The molecule has 2 aromatic carbocycles. The van der Waals surface area contributed by atoms with Gasteiger partial charge in [-0.2, -0.15) is 0 Å². The molecule has 0 radical (unpaired) electrons. The van der Waals surface area contributed by atoms with Gasteiger partial charge in [-0.05, 0) is 17.5 Å². The lowest BCUT2D eigenvalue weighted by molar-refractivity contribution is 0.0806. The van der Waals surface area contributed by atoms with Crippen LogP contribution in [0.1, 0.15) is 58.3 Å². The molecule has 0 unspecified atom stereocenters. The monoisotopic (exact) mass is 286 g/mol. The van der Waals surface area contributed by atoms with Gasteiger partial charge in [-0.1, -0.05) is 95.3 Å². The highest BCUT2D eigenvalue weighted by Crippen LogP contribution is 2.25. The van der Waals surface area contributed by atoms with Crippen molar-refractivity contribution in [2.24, 2.45) is 0 Å². The predicted octanol–water partition coefficient (Wildman–Crippen LogP) is 6.26. The summed E-state index contributed by atoms with van der Waals surface area (Å²) in [5, 5.41) is 0. The Kier molecular flexibility index (Phi) is 12.4. The standard InChI is InChI=1S/C16H18O.2C2H6/c1-2-13-17-16(14-9-5-3-6-10-14)15-11-7-4-8-12-15;2*1-2/h3-12,16H,2,13H2,1H3;2*1-2H3. The van der Waals surface area contributed by atoms with Crippen LogP contribution in [-0.2, 0) is 4.74 Å². The Morgan fingerprint density at radius 2 is 1.10 bits per heavy atom. The van der Waals surface area contributed by atoms with Gasteiger partial charge in [0.2, 0.25) is 0 Å². The summed E-state index contributed by atoms with van der Waals surface area (Å²) in [6, 6.07) is 20.8. The lowest BCUT2D eigenvalue weighted by Crippen LogP contribution is -2.06. The molecular formula is C20H30O. The van der Waals surface area contributed by atoms with Gasteiger partial charge in [0.15, 0.2) is 0 Å². The van der Waals surface area contributed by atoms with Gasteiger partial charge in [0.05, 0.1) is 0 Å². The van der Waals surface area contributed by atoms with Gasteiger partial charge in [-0.3, -0.25) is 0 Å². The minimum Gasteiger partial charge on any atom is -0.369 e. The molecule has 21 heavy (non-hydrogen) atoms. The van der Waals surface area contributed by atoms with Crippen molar-refractivity contribution < 1.29 is 4.74 Å². The fraction of sp³-hybridized carbons (Fsp3) is 0.400. The molecule has 0 saturated heterocycles. The van der Waals surface area contributed by atoms with Crippen LogP contribution in [0.5, 0.6) is 0 Å². The van der Waals surface area contributed by atoms with Crippen molar-refractivity contribution in [1.29, 1.82) is 0 Å². The first-order chi connectivity index (χ1) is 10.4. The molecular weight excluding hydrogens is 256 g/mol. The van der Waals surface area contributed by atoms with Crippen LogP contribution < -0.4 is 0 Å². The van der Waals surface area contributed by atoms with E-state index in [1.807, 2.05) is 39.8 Å². The second-order valence-corrected chi connectivity index (χ2v) is 4.07. The maximum atomic E-state index is 5.96. The van der Waals surface area contributed by atoms with E-state index in [0.717, 1.165) is 13.0 Å². The minimum absolute atomic E-state index is 0.0531. The van der Waals surface area contributed by atoms with E-state index in [4.69, 9.17) is 4.74 Å². The Hall–Kier alpha value is -1.60. The zero-order chi connectivity index (χ0) is 15.9. The molecule has 0 atom stereocenters. The average molecular weight is 286 g/mol. The van der Waals surface area contributed by atoms with Gasteiger partial charge in [-0.25, -0.2) is 0 Å². The minimum atomic E-state index is 0.0531. The van der Waals surface area contributed by atoms with Gasteiger partial charge in [0.25, 0.3) is 0 Å². The van der Waals surface area contributed by atoms with Crippen LogP contribution in [-0.4, -0.2) is 6.61 Å². The Morgan fingerprint density at radius 1 is 0.714 bits per heavy atom. The van der Waals surface area contributed by atoms with Crippen molar-refractivity contribution >= 4 is 0 Å². The summed E-state index contributed by atoms with van der Waals surface area (Å²) < 4.78 is 5.96. The number of hydrogen-bond acceptors (Lipinski definition) is 1. The molecule has 0 aromatic heterocycles. The zero-order valence-electron chi connectivity index (χ0n) is 14.2. The third-order valence-electron chi connectivity index (χ3n) is 2.69. The molecule has 0 heterocycles. The van der Waals surface area contributed by atoms with Gasteiger partial charge < -0.3 is 4.74 Å². The van der Waals surface area contributed by atoms with Crippen molar-refractivity contribution in [3.05, 3.63) is 71.8 Å². The number of benzene rings is 2. The highest BCUT2D eigenvalue weighted by atomic mass is 16.5. The van der Waals surface area contributed by atoms with E-state index in [2.05, 4.69) is 55.5 Å². The van der Waals surface area contributed by atoms with E-state index >= 15 is 0 Å². The van der Waals surface area contributed by atoms with Crippen molar-refractivity contribution in [2.75, 3.05) is 6.61 Å². The average Bonchev–Trinajstić information content (AvgIpc) is 2.61. The molecule has 1 nitrogen and oxygen atoms in total. The summed E-state index contributed by atoms with van der Waals surface area (Å²) in [4.78, 5) is 0. The highest BCUT2D eigenvalue weighted by Gasteiger charge is 2.13. The van der Waals surface area contributed by atoms with Crippen LogP contribution in [0.15, 0.2) is 60.7 Å². The summed E-state index contributed by atoms with van der Waals surface area (Å²) in [6.45, 7) is 10.9. The van der Waals surface area contributed by atoms with Gasteiger partial charge in [-0.15, -0.1) is 0 Å². The topological polar surface area (TPSA) is 9.23 Å². The Balaban J connectivity index is 0.000000921. The van der Waals surface area contributed by atoms with Crippen molar-refractivity contribution in [3.63, 3.8) is 0 Å².